The standard InChI is InChI=1S/C18H16BrF2N5/c19-11-5-3-6-14-10(11)4-1-2-9-26(14)17-15-13(23-18(24-17)25-22)8-7-12(20)16(15)21/h3,5-8H,1-2,4,9,22H2,(H,23,24,25). The number of fused-ring (bicyclic) bond motifs is 2. The van der Waals surface area contributed by atoms with E-state index in [9.17, 15) is 8.78 Å². The highest BCUT2D eigenvalue weighted by atomic mass is 79.9. The molecule has 0 spiro atoms. The number of halogens is 3. The molecular weight excluding hydrogens is 404 g/mol. The van der Waals surface area contributed by atoms with Crippen molar-refractivity contribution in [3.05, 3.63) is 52.0 Å². The molecule has 2 aromatic carbocycles. The summed E-state index contributed by atoms with van der Waals surface area (Å²) in [6.07, 6.45) is 2.79. The van der Waals surface area contributed by atoms with Crippen molar-refractivity contribution in [1.82, 2.24) is 9.97 Å². The Kier molecular flexibility index (Phi) is 4.46. The first-order chi connectivity index (χ1) is 12.6. The number of aromatic nitrogens is 2. The highest BCUT2D eigenvalue weighted by Crippen LogP contribution is 2.39. The molecule has 8 heteroatoms. The van der Waals surface area contributed by atoms with Crippen LogP contribution in [0.3, 0.4) is 0 Å². The number of hydrogen-bond donors (Lipinski definition) is 2. The molecule has 0 radical (unpaired) electrons. The van der Waals surface area contributed by atoms with E-state index in [-0.39, 0.29) is 11.3 Å². The zero-order valence-corrected chi connectivity index (χ0v) is 15.4. The fraction of sp³-hybridized carbons (Fsp3) is 0.222. The van der Waals surface area contributed by atoms with Gasteiger partial charge in [0, 0.05) is 16.7 Å². The van der Waals surface area contributed by atoms with E-state index in [0.717, 1.165) is 41.1 Å². The molecule has 0 unspecified atom stereocenters. The highest BCUT2D eigenvalue weighted by Gasteiger charge is 2.24. The van der Waals surface area contributed by atoms with Crippen molar-refractivity contribution in [3.63, 3.8) is 0 Å². The molecule has 0 saturated carbocycles. The summed E-state index contributed by atoms with van der Waals surface area (Å²) in [7, 11) is 0. The van der Waals surface area contributed by atoms with E-state index in [0.29, 0.717) is 17.9 Å². The summed E-state index contributed by atoms with van der Waals surface area (Å²) in [5, 5.41) is 0.0526. The molecule has 1 aliphatic heterocycles. The third-order valence-corrected chi connectivity index (χ3v) is 5.31. The minimum atomic E-state index is -0.957. The summed E-state index contributed by atoms with van der Waals surface area (Å²) in [5.74, 6) is 4.06. The van der Waals surface area contributed by atoms with Crippen molar-refractivity contribution in [1.29, 1.82) is 0 Å². The van der Waals surface area contributed by atoms with Gasteiger partial charge in [-0.3, -0.25) is 5.43 Å². The van der Waals surface area contributed by atoms with Crippen LogP contribution in [0.25, 0.3) is 10.9 Å². The molecule has 134 valence electrons. The lowest BCUT2D eigenvalue weighted by Crippen LogP contribution is -2.22. The molecule has 26 heavy (non-hydrogen) atoms. The van der Waals surface area contributed by atoms with Crippen LogP contribution in [0.15, 0.2) is 34.8 Å². The van der Waals surface area contributed by atoms with E-state index >= 15 is 0 Å². The third-order valence-electron chi connectivity index (χ3n) is 4.56. The average molecular weight is 420 g/mol. The van der Waals surface area contributed by atoms with Crippen molar-refractivity contribution >= 4 is 44.3 Å². The van der Waals surface area contributed by atoms with Gasteiger partial charge in [0.1, 0.15) is 5.82 Å². The van der Waals surface area contributed by atoms with Crippen LogP contribution in [0.4, 0.5) is 26.2 Å². The van der Waals surface area contributed by atoms with Gasteiger partial charge in [0.05, 0.1) is 10.9 Å². The van der Waals surface area contributed by atoms with Crippen LogP contribution in [-0.4, -0.2) is 16.5 Å². The van der Waals surface area contributed by atoms with E-state index in [1.54, 1.807) is 0 Å². The Labute approximate surface area is 157 Å². The first-order valence-corrected chi connectivity index (χ1v) is 9.06. The molecule has 0 aliphatic carbocycles. The molecule has 1 aliphatic rings. The van der Waals surface area contributed by atoms with Crippen LogP contribution < -0.4 is 16.2 Å². The maximum atomic E-state index is 14.7. The van der Waals surface area contributed by atoms with E-state index in [1.807, 2.05) is 23.1 Å². The fourth-order valence-corrected chi connectivity index (χ4v) is 3.92. The van der Waals surface area contributed by atoms with Gasteiger partial charge >= 0.3 is 0 Å². The molecule has 0 bridgehead atoms. The lowest BCUT2D eigenvalue weighted by atomic mass is 10.1. The second kappa shape index (κ2) is 6.77. The molecule has 1 aromatic heterocycles. The predicted molar refractivity (Wildman–Crippen MR) is 101 cm³/mol. The Morgan fingerprint density at radius 1 is 1.12 bits per heavy atom. The smallest absolute Gasteiger partial charge is 0.239 e. The zero-order valence-electron chi connectivity index (χ0n) is 13.8. The van der Waals surface area contributed by atoms with Crippen molar-refractivity contribution in [2.45, 2.75) is 19.3 Å². The van der Waals surface area contributed by atoms with E-state index in [4.69, 9.17) is 5.84 Å². The largest absolute Gasteiger partial charge is 0.325 e. The van der Waals surface area contributed by atoms with Crippen molar-refractivity contribution < 1.29 is 8.78 Å². The van der Waals surface area contributed by atoms with Crippen molar-refractivity contribution in [2.75, 3.05) is 16.9 Å². The van der Waals surface area contributed by atoms with Crippen molar-refractivity contribution in [2.24, 2.45) is 5.84 Å². The second-order valence-electron chi connectivity index (χ2n) is 6.12. The van der Waals surface area contributed by atoms with Crippen LogP contribution in [0, 0.1) is 11.6 Å². The van der Waals surface area contributed by atoms with Gasteiger partial charge in [-0.25, -0.2) is 19.6 Å². The maximum Gasteiger partial charge on any atom is 0.239 e. The zero-order chi connectivity index (χ0) is 18.3. The molecule has 0 amide bonds. The Morgan fingerprint density at radius 2 is 1.96 bits per heavy atom. The number of benzene rings is 2. The Hall–Kier alpha value is -2.32. The van der Waals surface area contributed by atoms with E-state index in [2.05, 4.69) is 31.3 Å². The molecule has 4 rings (SSSR count). The van der Waals surface area contributed by atoms with Gasteiger partial charge in [-0.1, -0.05) is 22.0 Å². The van der Waals surface area contributed by atoms with Crippen LogP contribution in [0.2, 0.25) is 0 Å². The molecule has 2 heterocycles. The first-order valence-electron chi connectivity index (χ1n) is 8.27. The lowest BCUT2D eigenvalue weighted by Gasteiger charge is -2.26. The Bertz CT molecular complexity index is 995. The fourth-order valence-electron chi connectivity index (χ4n) is 3.36. The van der Waals surface area contributed by atoms with Gasteiger partial charge in [0.15, 0.2) is 11.6 Å². The number of rotatable bonds is 2. The topological polar surface area (TPSA) is 67.1 Å². The molecule has 0 saturated heterocycles. The third kappa shape index (κ3) is 2.79. The van der Waals surface area contributed by atoms with Gasteiger partial charge in [0.2, 0.25) is 5.95 Å². The van der Waals surface area contributed by atoms with Crippen LogP contribution in [-0.2, 0) is 6.42 Å². The molecule has 3 N–H and O–H groups in total. The molecule has 0 atom stereocenters. The number of nitrogens with zero attached hydrogens (tertiary/aromatic N) is 3. The second-order valence-corrected chi connectivity index (χ2v) is 6.97. The SMILES string of the molecule is NNc1nc(N2CCCCc3c(Br)cccc32)c2c(F)c(F)ccc2n1. The van der Waals surface area contributed by atoms with Gasteiger partial charge in [0.25, 0.3) is 0 Å². The summed E-state index contributed by atoms with van der Waals surface area (Å²) < 4.78 is 29.6. The first kappa shape index (κ1) is 17.1. The van der Waals surface area contributed by atoms with Crippen LogP contribution >= 0.6 is 15.9 Å². The number of hydrazine groups is 1. The minimum absolute atomic E-state index is 0.0526. The highest BCUT2D eigenvalue weighted by molar-refractivity contribution is 9.10. The average Bonchev–Trinajstić information content (AvgIpc) is 2.87. The van der Waals surface area contributed by atoms with Gasteiger partial charge < -0.3 is 4.90 Å². The number of nitrogens with one attached hydrogen (secondary N) is 1. The van der Waals surface area contributed by atoms with Gasteiger partial charge in [-0.15, -0.1) is 0 Å². The Morgan fingerprint density at radius 3 is 2.77 bits per heavy atom. The molecular formula is C18H16BrF2N5. The van der Waals surface area contributed by atoms with Crippen LogP contribution in [0.1, 0.15) is 18.4 Å². The molecule has 3 aromatic rings. The van der Waals surface area contributed by atoms with Gasteiger partial charge in [-0.05, 0) is 49.1 Å². The summed E-state index contributed by atoms with van der Waals surface area (Å²) in [5.41, 5.74) is 4.74. The summed E-state index contributed by atoms with van der Waals surface area (Å²) in [6.45, 7) is 0.634. The monoisotopic (exact) mass is 419 g/mol. The number of nitrogens with two attached hydrogens (primary N) is 1. The van der Waals surface area contributed by atoms with E-state index < -0.39 is 11.6 Å². The summed E-state index contributed by atoms with van der Waals surface area (Å²) in [6, 6.07) is 8.35. The number of hydrogen-bond acceptors (Lipinski definition) is 5. The van der Waals surface area contributed by atoms with E-state index in [1.165, 1.54) is 6.07 Å². The van der Waals surface area contributed by atoms with Crippen LogP contribution in [0.5, 0.6) is 0 Å². The van der Waals surface area contributed by atoms with Gasteiger partial charge in [-0.2, -0.15) is 4.98 Å². The Balaban J connectivity index is 2.02. The summed E-state index contributed by atoms with van der Waals surface area (Å²) >= 11 is 3.59. The predicted octanol–water partition coefficient (Wildman–Crippen LogP) is 4.43. The lowest BCUT2D eigenvalue weighted by molar-refractivity contribution is 0.516. The molecule has 0 fully saturated rings. The quantitative estimate of drug-likeness (QED) is 0.474. The minimum Gasteiger partial charge on any atom is -0.325 e. The van der Waals surface area contributed by atoms with Crippen molar-refractivity contribution in [3.8, 4) is 0 Å². The normalized spacial score (nSPS) is 14.2. The number of anilines is 3. The number of nitrogen functional groups attached to an aromatic ring is 1. The molecule has 5 nitrogen and oxygen atoms in total. The maximum absolute atomic E-state index is 14.7. The summed E-state index contributed by atoms with van der Waals surface area (Å²) in [4.78, 5) is 10.4.